The van der Waals surface area contributed by atoms with Crippen LogP contribution >= 0.6 is 0 Å². The number of hydrogen-bond acceptors (Lipinski definition) is 3. The van der Waals surface area contributed by atoms with E-state index in [9.17, 15) is 4.79 Å². The number of nitrogens with zero attached hydrogens (tertiary/aromatic N) is 4. The molecule has 0 unspecified atom stereocenters. The molecule has 0 amide bonds. The van der Waals surface area contributed by atoms with Crippen LogP contribution in [-0.2, 0) is 20.5 Å². The number of aryl methyl sites for hydroxylation is 4. The van der Waals surface area contributed by atoms with Crippen molar-refractivity contribution in [3.8, 4) is 0 Å². The maximum Gasteiger partial charge on any atom is 0.172 e. The van der Waals surface area contributed by atoms with Gasteiger partial charge in [0.25, 0.3) is 0 Å². The van der Waals surface area contributed by atoms with E-state index >= 15 is 0 Å². The fourth-order valence-electron chi connectivity index (χ4n) is 2.26. The first-order valence-electron chi connectivity index (χ1n) is 5.93. The Bertz CT molecular complexity index is 607. The third kappa shape index (κ3) is 2.08. The molecular weight excluding hydrogens is 228 g/mol. The van der Waals surface area contributed by atoms with E-state index in [0.29, 0.717) is 6.42 Å². The van der Waals surface area contributed by atoms with Crippen LogP contribution in [0.2, 0.25) is 0 Å². The molecule has 0 saturated heterocycles. The standard InChI is InChI=1S/C13H18N4O/c1-8-6-11(17(5)14-8)7-12(18)13-9(2)15-16(4)10(13)3/h6H,7H2,1-5H3. The summed E-state index contributed by atoms with van der Waals surface area (Å²) < 4.78 is 3.51. The molecule has 5 heteroatoms. The molecule has 2 aromatic rings. The Balaban J connectivity index is 2.30. The zero-order valence-corrected chi connectivity index (χ0v) is 11.5. The van der Waals surface area contributed by atoms with Gasteiger partial charge in [-0.15, -0.1) is 0 Å². The summed E-state index contributed by atoms with van der Waals surface area (Å²) in [7, 11) is 3.71. The molecule has 0 radical (unpaired) electrons. The second-order valence-electron chi connectivity index (χ2n) is 4.67. The van der Waals surface area contributed by atoms with Crippen molar-refractivity contribution in [3.63, 3.8) is 0 Å². The Kier molecular flexibility index (Phi) is 3.07. The van der Waals surface area contributed by atoms with E-state index in [1.807, 2.05) is 40.9 Å². The summed E-state index contributed by atoms with van der Waals surface area (Å²) in [5.41, 5.74) is 4.30. The highest BCUT2D eigenvalue weighted by Gasteiger charge is 2.18. The highest BCUT2D eigenvalue weighted by atomic mass is 16.1. The Morgan fingerprint density at radius 1 is 1.17 bits per heavy atom. The Morgan fingerprint density at radius 3 is 2.28 bits per heavy atom. The quantitative estimate of drug-likeness (QED) is 0.771. The number of hydrogen-bond donors (Lipinski definition) is 0. The summed E-state index contributed by atoms with van der Waals surface area (Å²) in [5, 5.41) is 8.53. The van der Waals surface area contributed by atoms with Gasteiger partial charge < -0.3 is 0 Å². The number of Topliss-reactive ketones (excluding diaryl/α,β-unsaturated/α-hetero) is 1. The van der Waals surface area contributed by atoms with Gasteiger partial charge >= 0.3 is 0 Å². The van der Waals surface area contributed by atoms with Crippen molar-refractivity contribution in [1.82, 2.24) is 19.6 Å². The first kappa shape index (κ1) is 12.5. The molecule has 0 fully saturated rings. The van der Waals surface area contributed by atoms with E-state index in [1.165, 1.54) is 0 Å². The van der Waals surface area contributed by atoms with Crippen molar-refractivity contribution < 1.29 is 4.79 Å². The third-order valence-electron chi connectivity index (χ3n) is 3.23. The zero-order chi connectivity index (χ0) is 13.4. The fourth-order valence-corrected chi connectivity index (χ4v) is 2.26. The molecule has 96 valence electrons. The van der Waals surface area contributed by atoms with Crippen LogP contribution in [-0.4, -0.2) is 25.3 Å². The van der Waals surface area contributed by atoms with Gasteiger partial charge in [0.15, 0.2) is 5.78 Å². The molecule has 0 aliphatic heterocycles. The summed E-state index contributed by atoms with van der Waals surface area (Å²) in [5.74, 6) is 0.0982. The van der Waals surface area contributed by atoms with Crippen LogP contribution in [0.5, 0.6) is 0 Å². The average Bonchev–Trinajstić information content (AvgIpc) is 2.69. The normalized spacial score (nSPS) is 10.9. The molecule has 0 aliphatic carbocycles. The second-order valence-corrected chi connectivity index (χ2v) is 4.67. The van der Waals surface area contributed by atoms with Crippen LogP contribution in [0.25, 0.3) is 0 Å². The summed E-state index contributed by atoms with van der Waals surface area (Å²) in [6.45, 7) is 5.71. The lowest BCUT2D eigenvalue weighted by atomic mass is 10.0. The number of rotatable bonds is 3. The minimum absolute atomic E-state index is 0.0982. The van der Waals surface area contributed by atoms with E-state index in [-0.39, 0.29) is 5.78 Å². The highest BCUT2D eigenvalue weighted by molar-refractivity contribution is 5.99. The van der Waals surface area contributed by atoms with E-state index in [4.69, 9.17) is 0 Å². The summed E-state index contributed by atoms with van der Waals surface area (Å²) in [6, 6.07) is 1.94. The maximum atomic E-state index is 12.3. The van der Waals surface area contributed by atoms with Crippen molar-refractivity contribution >= 4 is 5.78 Å². The van der Waals surface area contributed by atoms with Gasteiger partial charge in [0.1, 0.15) is 0 Å². The van der Waals surface area contributed by atoms with Crippen LogP contribution in [0, 0.1) is 20.8 Å². The molecule has 18 heavy (non-hydrogen) atoms. The Labute approximate surface area is 106 Å². The predicted molar refractivity (Wildman–Crippen MR) is 68.7 cm³/mol. The lowest BCUT2D eigenvalue weighted by molar-refractivity contribution is 0.0989. The maximum absolute atomic E-state index is 12.3. The lowest BCUT2D eigenvalue weighted by Gasteiger charge is -2.02. The highest BCUT2D eigenvalue weighted by Crippen LogP contribution is 2.15. The van der Waals surface area contributed by atoms with Gasteiger partial charge in [0.2, 0.25) is 0 Å². The molecule has 2 aromatic heterocycles. The Hall–Kier alpha value is -1.91. The molecule has 0 bridgehead atoms. The van der Waals surface area contributed by atoms with Gasteiger partial charge in [0.05, 0.1) is 23.4 Å². The molecule has 2 rings (SSSR count). The Morgan fingerprint density at radius 2 is 1.83 bits per heavy atom. The van der Waals surface area contributed by atoms with Crippen LogP contribution in [0.3, 0.4) is 0 Å². The molecular formula is C13H18N4O. The molecule has 2 heterocycles. The first-order chi connectivity index (χ1) is 8.40. The SMILES string of the molecule is Cc1cc(CC(=O)c2c(C)nn(C)c2C)n(C)n1. The van der Waals surface area contributed by atoms with Gasteiger partial charge in [-0.25, -0.2) is 0 Å². The van der Waals surface area contributed by atoms with E-state index in [0.717, 1.165) is 28.3 Å². The van der Waals surface area contributed by atoms with E-state index < -0.39 is 0 Å². The summed E-state index contributed by atoms with van der Waals surface area (Å²) >= 11 is 0. The monoisotopic (exact) mass is 246 g/mol. The van der Waals surface area contributed by atoms with E-state index in [2.05, 4.69) is 10.2 Å². The van der Waals surface area contributed by atoms with Crippen molar-refractivity contribution in [2.75, 3.05) is 0 Å². The molecule has 0 atom stereocenters. The number of carbonyl (C=O) groups is 1. The minimum Gasteiger partial charge on any atom is -0.294 e. The van der Waals surface area contributed by atoms with Crippen molar-refractivity contribution in [3.05, 3.63) is 34.4 Å². The van der Waals surface area contributed by atoms with Crippen molar-refractivity contribution in [2.45, 2.75) is 27.2 Å². The second kappa shape index (κ2) is 4.40. The first-order valence-corrected chi connectivity index (χ1v) is 5.93. The van der Waals surface area contributed by atoms with Gasteiger partial charge in [0, 0.05) is 25.5 Å². The van der Waals surface area contributed by atoms with Gasteiger partial charge in [-0.2, -0.15) is 10.2 Å². The van der Waals surface area contributed by atoms with Gasteiger partial charge in [-0.3, -0.25) is 14.2 Å². The average molecular weight is 246 g/mol. The molecule has 0 N–H and O–H groups in total. The number of ketones is 1. The smallest absolute Gasteiger partial charge is 0.172 e. The van der Waals surface area contributed by atoms with Crippen molar-refractivity contribution in [1.29, 1.82) is 0 Å². The molecule has 0 spiro atoms. The largest absolute Gasteiger partial charge is 0.294 e. The molecule has 0 aliphatic rings. The van der Waals surface area contributed by atoms with Crippen LogP contribution < -0.4 is 0 Å². The summed E-state index contributed by atoms with van der Waals surface area (Å²) in [4.78, 5) is 12.3. The fraction of sp³-hybridized carbons (Fsp3) is 0.462. The van der Waals surface area contributed by atoms with Crippen LogP contribution in [0.4, 0.5) is 0 Å². The summed E-state index contributed by atoms with van der Waals surface area (Å²) in [6.07, 6.45) is 0.366. The number of aromatic nitrogens is 4. The molecule has 0 saturated carbocycles. The van der Waals surface area contributed by atoms with E-state index in [1.54, 1.807) is 9.36 Å². The van der Waals surface area contributed by atoms with Crippen LogP contribution in [0.1, 0.15) is 33.1 Å². The van der Waals surface area contributed by atoms with Gasteiger partial charge in [-0.05, 0) is 26.8 Å². The van der Waals surface area contributed by atoms with Gasteiger partial charge in [-0.1, -0.05) is 0 Å². The van der Waals surface area contributed by atoms with Crippen LogP contribution in [0.15, 0.2) is 6.07 Å². The topological polar surface area (TPSA) is 52.7 Å². The lowest BCUT2D eigenvalue weighted by Crippen LogP contribution is -2.10. The zero-order valence-electron chi connectivity index (χ0n) is 11.5. The van der Waals surface area contributed by atoms with Crippen molar-refractivity contribution in [2.24, 2.45) is 14.1 Å². The number of carbonyl (C=O) groups excluding carboxylic acids is 1. The third-order valence-corrected chi connectivity index (χ3v) is 3.23. The minimum atomic E-state index is 0.0982. The predicted octanol–water partition coefficient (Wildman–Crippen LogP) is 1.50. The molecule has 5 nitrogen and oxygen atoms in total. The molecule has 0 aromatic carbocycles.